The van der Waals surface area contributed by atoms with Crippen LogP contribution in [0.1, 0.15) is 46.5 Å². The number of rotatable bonds is 1. The molecule has 2 fully saturated rings. The first-order valence-corrected chi connectivity index (χ1v) is 6.78. The summed E-state index contributed by atoms with van der Waals surface area (Å²) in [5.74, 6) is 0. The van der Waals surface area contributed by atoms with Crippen molar-refractivity contribution in [1.82, 2.24) is 10.2 Å². The lowest BCUT2D eigenvalue weighted by molar-refractivity contribution is 0.0770. The molecule has 2 aliphatic rings. The van der Waals surface area contributed by atoms with E-state index in [1.54, 1.807) is 0 Å². The van der Waals surface area contributed by atoms with Crippen molar-refractivity contribution in [3.05, 3.63) is 0 Å². The molecule has 0 saturated carbocycles. The summed E-state index contributed by atoms with van der Waals surface area (Å²) in [6, 6.07) is 0. The van der Waals surface area contributed by atoms with E-state index in [0.717, 1.165) is 5.41 Å². The van der Waals surface area contributed by atoms with Crippen molar-refractivity contribution in [2.45, 2.75) is 46.5 Å². The van der Waals surface area contributed by atoms with Crippen LogP contribution in [0.5, 0.6) is 0 Å². The summed E-state index contributed by atoms with van der Waals surface area (Å²) in [5.41, 5.74) is 0.733. The molecular weight excluding hydrogens is 184 g/mol. The predicted molar refractivity (Wildman–Crippen MR) is 67.2 cm³/mol. The fourth-order valence-corrected chi connectivity index (χ4v) is 2.80. The second-order valence-corrected chi connectivity index (χ2v) is 4.68. The zero-order valence-electron chi connectivity index (χ0n) is 10.8. The third-order valence-electron chi connectivity index (χ3n) is 4.03. The molecule has 0 radical (unpaired) electrons. The Labute approximate surface area is 95.4 Å². The molecule has 90 valence electrons. The summed E-state index contributed by atoms with van der Waals surface area (Å²) in [6.45, 7) is 12.7. The van der Waals surface area contributed by atoms with Gasteiger partial charge in [0.1, 0.15) is 0 Å². The highest BCUT2D eigenvalue weighted by Gasteiger charge is 2.34. The molecule has 0 aromatic carbocycles. The molecule has 15 heavy (non-hydrogen) atoms. The van der Waals surface area contributed by atoms with Gasteiger partial charge in [0.25, 0.3) is 0 Å². The SMILES string of the molecule is CC.CCN1CCC2(CCNCC2)CC1. The van der Waals surface area contributed by atoms with Gasteiger partial charge < -0.3 is 10.2 Å². The third-order valence-corrected chi connectivity index (χ3v) is 4.03. The molecule has 2 heterocycles. The van der Waals surface area contributed by atoms with Gasteiger partial charge in [-0.1, -0.05) is 20.8 Å². The Morgan fingerprint density at radius 3 is 2.00 bits per heavy atom. The molecule has 2 aliphatic heterocycles. The van der Waals surface area contributed by atoms with Crippen LogP contribution in [-0.4, -0.2) is 37.6 Å². The molecule has 1 spiro atoms. The molecule has 0 aromatic rings. The molecule has 2 nitrogen and oxygen atoms in total. The zero-order chi connectivity index (χ0) is 11.1. The van der Waals surface area contributed by atoms with E-state index in [2.05, 4.69) is 17.1 Å². The van der Waals surface area contributed by atoms with Gasteiger partial charge in [0.05, 0.1) is 0 Å². The molecule has 0 aromatic heterocycles. The third kappa shape index (κ3) is 3.46. The summed E-state index contributed by atoms with van der Waals surface area (Å²) in [6.07, 6.45) is 5.74. The van der Waals surface area contributed by atoms with Crippen molar-refractivity contribution in [3.63, 3.8) is 0 Å². The van der Waals surface area contributed by atoms with Gasteiger partial charge in [0.2, 0.25) is 0 Å². The number of hydrogen-bond acceptors (Lipinski definition) is 2. The summed E-state index contributed by atoms with van der Waals surface area (Å²) in [4.78, 5) is 2.59. The van der Waals surface area contributed by atoms with E-state index in [1.165, 1.54) is 58.4 Å². The lowest BCUT2D eigenvalue weighted by Gasteiger charge is -2.44. The lowest BCUT2D eigenvalue weighted by atomic mass is 9.71. The summed E-state index contributed by atoms with van der Waals surface area (Å²) in [5, 5.41) is 3.47. The van der Waals surface area contributed by atoms with E-state index in [0.29, 0.717) is 0 Å². The largest absolute Gasteiger partial charge is 0.317 e. The fraction of sp³-hybridized carbons (Fsp3) is 1.00. The maximum Gasteiger partial charge on any atom is -0.00135 e. The van der Waals surface area contributed by atoms with Crippen molar-refractivity contribution in [2.24, 2.45) is 5.41 Å². The van der Waals surface area contributed by atoms with Crippen LogP contribution in [0.15, 0.2) is 0 Å². The van der Waals surface area contributed by atoms with Crippen molar-refractivity contribution in [3.8, 4) is 0 Å². The maximum atomic E-state index is 3.47. The lowest BCUT2D eigenvalue weighted by Crippen LogP contribution is -2.45. The molecule has 2 rings (SSSR count). The second kappa shape index (κ2) is 6.49. The van der Waals surface area contributed by atoms with E-state index in [-0.39, 0.29) is 0 Å². The van der Waals surface area contributed by atoms with Gasteiger partial charge in [-0.15, -0.1) is 0 Å². The van der Waals surface area contributed by atoms with Crippen LogP contribution in [-0.2, 0) is 0 Å². The Hall–Kier alpha value is -0.0800. The van der Waals surface area contributed by atoms with Crippen LogP contribution in [0.2, 0.25) is 0 Å². The van der Waals surface area contributed by atoms with Gasteiger partial charge in [0.15, 0.2) is 0 Å². The van der Waals surface area contributed by atoms with Crippen molar-refractivity contribution < 1.29 is 0 Å². The Morgan fingerprint density at radius 2 is 1.53 bits per heavy atom. The van der Waals surface area contributed by atoms with E-state index in [4.69, 9.17) is 0 Å². The maximum absolute atomic E-state index is 3.47. The first-order valence-electron chi connectivity index (χ1n) is 6.78. The monoisotopic (exact) mass is 212 g/mol. The Kier molecular flexibility index (Phi) is 5.62. The standard InChI is InChI=1S/C11H22N2.C2H6/c1-2-13-9-5-11(6-10-13)3-7-12-8-4-11;1-2/h12H,2-10H2,1H3;1-2H3. The van der Waals surface area contributed by atoms with Crippen LogP contribution < -0.4 is 5.32 Å². The molecule has 2 saturated heterocycles. The molecular formula is C13H28N2. The van der Waals surface area contributed by atoms with Crippen molar-refractivity contribution in [1.29, 1.82) is 0 Å². The minimum absolute atomic E-state index is 0.733. The number of nitrogens with zero attached hydrogens (tertiary/aromatic N) is 1. The number of likely N-dealkylation sites (tertiary alicyclic amines) is 1. The number of nitrogens with one attached hydrogen (secondary N) is 1. The van der Waals surface area contributed by atoms with E-state index < -0.39 is 0 Å². The van der Waals surface area contributed by atoms with Crippen LogP contribution in [0.4, 0.5) is 0 Å². The minimum atomic E-state index is 0.733. The minimum Gasteiger partial charge on any atom is -0.317 e. The predicted octanol–water partition coefficient (Wildman–Crippen LogP) is 2.50. The van der Waals surface area contributed by atoms with Gasteiger partial charge in [-0.25, -0.2) is 0 Å². The highest BCUT2D eigenvalue weighted by molar-refractivity contribution is 4.89. The van der Waals surface area contributed by atoms with Gasteiger partial charge in [-0.2, -0.15) is 0 Å². The van der Waals surface area contributed by atoms with Gasteiger partial charge in [-0.3, -0.25) is 0 Å². The molecule has 0 atom stereocenters. The van der Waals surface area contributed by atoms with Gasteiger partial charge in [-0.05, 0) is 63.8 Å². The highest BCUT2D eigenvalue weighted by Crippen LogP contribution is 2.39. The summed E-state index contributed by atoms with van der Waals surface area (Å²) >= 11 is 0. The number of hydrogen-bond donors (Lipinski definition) is 1. The molecule has 2 heteroatoms. The second-order valence-electron chi connectivity index (χ2n) is 4.68. The van der Waals surface area contributed by atoms with Crippen molar-refractivity contribution in [2.75, 3.05) is 32.7 Å². The van der Waals surface area contributed by atoms with Crippen LogP contribution in [0.25, 0.3) is 0 Å². The topological polar surface area (TPSA) is 15.3 Å². The number of piperidine rings is 2. The molecule has 0 bridgehead atoms. The van der Waals surface area contributed by atoms with Crippen LogP contribution in [0, 0.1) is 5.41 Å². The van der Waals surface area contributed by atoms with E-state index >= 15 is 0 Å². The highest BCUT2D eigenvalue weighted by atomic mass is 15.1. The van der Waals surface area contributed by atoms with Gasteiger partial charge >= 0.3 is 0 Å². The van der Waals surface area contributed by atoms with Crippen molar-refractivity contribution >= 4 is 0 Å². The summed E-state index contributed by atoms with van der Waals surface area (Å²) < 4.78 is 0. The van der Waals surface area contributed by atoms with Crippen LogP contribution in [0.3, 0.4) is 0 Å². The normalized spacial score (nSPS) is 25.8. The first kappa shape index (κ1) is 13.0. The molecule has 0 unspecified atom stereocenters. The average molecular weight is 212 g/mol. The first-order chi connectivity index (χ1) is 7.35. The summed E-state index contributed by atoms with van der Waals surface area (Å²) in [7, 11) is 0. The Balaban J connectivity index is 0.000000531. The average Bonchev–Trinajstić information content (AvgIpc) is 2.34. The van der Waals surface area contributed by atoms with E-state index in [1.807, 2.05) is 13.8 Å². The Bertz CT molecular complexity index is 152. The smallest absolute Gasteiger partial charge is 0.00135 e. The molecule has 1 N–H and O–H groups in total. The molecule has 0 amide bonds. The zero-order valence-corrected chi connectivity index (χ0v) is 10.8. The van der Waals surface area contributed by atoms with Crippen LogP contribution >= 0.6 is 0 Å². The Morgan fingerprint density at radius 1 is 1.00 bits per heavy atom. The van der Waals surface area contributed by atoms with Gasteiger partial charge in [0, 0.05) is 0 Å². The quantitative estimate of drug-likeness (QED) is 0.718. The molecule has 0 aliphatic carbocycles. The fourth-order valence-electron chi connectivity index (χ4n) is 2.80. The van der Waals surface area contributed by atoms with E-state index in [9.17, 15) is 0 Å².